The summed E-state index contributed by atoms with van der Waals surface area (Å²) < 4.78 is 13.2. The van der Waals surface area contributed by atoms with E-state index in [0.29, 0.717) is 11.7 Å². The molecule has 0 saturated heterocycles. The van der Waals surface area contributed by atoms with Crippen molar-refractivity contribution >= 4 is 23.0 Å². The number of aryl methyl sites for hydroxylation is 2. The predicted molar refractivity (Wildman–Crippen MR) is 90.0 cm³/mol. The molecule has 0 saturated carbocycles. The van der Waals surface area contributed by atoms with E-state index in [0.717, 1.165) is 22.4 Å². The van der Waals surface area contributed by atoms with E-state index in [1.165, 1.54) is 12.1 Å². The Morgan fingerprint density at radius 2 is 1.76 bits per heavy atom. The number of hydrogen-bond donors (Lipinski definition) is 1. The van der Waals surface area contributed by atoms with E-state index >= 15 is 0 Å². The molecule has 21 heavy (non-hydrogen) atoms. The van der Waals surface area contributed by atoms with Gasteiger partial charge in [0.2, 0.25) is 0 Å². The Balaban J connectivity index is 2.06. The quantitative estimate of drug-likeness (QED) is 0.852. The molecule has 4 heteroatoms. The molecule has 1 N–H and O–H groups in total. The first kappa shape index (κ1) is 15.4. The van der Waals surface area contributed by atoms with Crippen LogP contribution in [0.1, 0.15) is 16.7 Å². The summed E-state index contributed by atoms with van der Waals surface area (Å²) in [5.41, 5.74) is 4.23. The van der Waals surface area contributed by atoms with Crippen molar-refractivity contribution in [2.45, 2.75) is 20.4 Å². The van der Waals surface area contributed by atoms with Crippen LogP contribution in [0.15, 0.2) is 42.5 Å². The van der Waals surface area contributed by atoms with Crippen molar-refractivity contribution in [3.8, 4) is 0 Å². The fourth-order valence-corrected chi connectivity index (χ4v) is 2.36. The highest BCUT2D eigenvalue weighted by Gasteiger charge is 2.09. The molecule has 0 atom stereocenters. The maximum absolute atomic E-state index is 13.2. The van der Waals surface area contributed by atoms with Crippen LogP contribution in [-0.2, 0) is 6.54 Å². The highest BCUT2D eigenvalue weighted by molar-refractivity contribution is 7.80. The molecule has 0 aliphatic carbocycles. The molecule has 0 spiro atoms. The maximum atomic E-state index is 13.2. The zero-order valence-corrected chi connectivity index (χ0v) is 13.3. The first-order chi connectivity index (χ1) is 9.97. The molecule has 0 aliphatic rings. The summed E-state index contributed by atoms with van der Waals surface area (Å²) in [6.07, 6.45) is 0. The summed E-state index contributed by atoms with van der Waals surface area (Å²) in [4.78, 5) is 1.90. The highest BCUT2D eigenvalue weighted by atomic mass is 32.1. The fraction of sp³-hybridized carbons (Fsp3) is 0.235. The molecule has 110 valence electrons. The van der Waals surface area contributed by atoms with Crippen molar-refractivity contribution in [2.24, 2.45) is 0 Å². The molecule has 2 rings (SSSR count). The summed E-state index contributed by atoms with van der Waals surface area (Å²) >= 11 is 5.43. The number of nitrogens with one attached hydrogen (secondary N) is 1. The topological polar surface area (TPSA) is 15.3 Å². The molecule has 0 heterocycles. The average molecular weight is 302 g/mol. The second kappa shape index (κ2) is 6.68. The minimum atomic E-state index is -0.227. The molecule has 0 radical (unpaired) electrons. The van der Waals surface area contributed by atoms with Crippen LogP contribution in [0.4, 0.5) is 10.1 Å². The van der Waals surface area contributed by atoms with Crippen molar-refractivity contribution in [3.05, 3.63) is 65.0 Å². The predicted octanol–water partition coefficient (Wildman–Crippen LogP) is 4.27. The largest absolute Gasteiger partial charge is 0.348 e. The summed E-state index contributed by atoms with van der Waals surface area (Å²) in [6, 6.07) is 12.7. The lowest BCUT2D eigenvalue weighted by atomic mass is 10.1. The van der Waals surface area contributed by atoms with E-state index < -0.39 is 0 Å². The van der Waals surface area contributed by atoms with E-state index in [9.17, 15) is 4.39 Å². The van der Waals surface area contributed by atoms with E-state index in [1.54, 1.807) is 6.07 Å². The first-order valence-corrected chi connectivity index (χ1v) is 7.21. The van der Waals surface area contributed by atoms with Gasteiger partial charge in [-0.15, -0.1) is 0 Å². The molecule has 0 bridgehead atoms. The lowest BCUT2D eigenvalue weighted by Crippen LogP contribution is -2.31. The van der Waals surface area contributed by atoms with Gasteiger partial charge in [0.05, 0.1) is 0 Å². The van der Waals surface area contributed by atoms with Crippen LogP contribution in [0.5, 0.6) is 0 Å². The van der Waals surface area contributed by atoms with Gasteiger partial charge in [0.25, 0.3) is 0 Å². The highest BCUT2D eigenvalue weighted by Crippen LogP contribution is 2.20. The van der Waals surface area contributed by atoms with E-state index in [2.05, 4.69) is 5.32 Å². The molecule has 0 unspecified atom stereocenters. The van der Waals surface area contributed by atoms with Crippen LogP contribution >= 0.6 is 12.2 Å². The second-order valence-corrected chi connectivity index (χ2v) is 5.57. The first-order valence-electron chi connectivity index (χ1n) is 6.80. The molecule has 2 aromatic rings. The molecule has 0 amide bonds. The summed E-state index contributed by atoms with van der Waals surface area (Å²) in [6.45, 7) is 4.66. The van der Waals surface area contributed by atoms with Gasteiger partial charge in [-0.1, -0.05) is 30.3 Å². The monoisotopic (exact) mass is 302 g/mol. The van der Waals surface area contributed by atoms with Gasteiger partial charge in [0.15, 0.2) is 5.11 Å². The van der Waals surface area contributed by atoms with Crippen molar-refractivity contribution in [1.82, 2.24) is 4.90 Å². The Labute approximate surface area is 130 Å². The SMILES string of the molecule is Cc1cccc(C)c1NC(=S)N(C)Cc1cccc(F)c1. The summed E-state index contributed by atoms with van der Waals surface area (Å²) in [5.74, 6) is -0.227. The number of nitrogens with zero attached hydrogens (tertiary/aromatic N) is 1. The van der Waals surface area contributed by atoms with Gasteiger partial charge in [-0.3, -0.25) is 0 Å². The number of hydrogen-bond acceptors (Lipinski definition) is 1. The Morgan fingerprint density at radius 1 is 1.14 bits per heavy atom. The van der Waals surface area contributed by atoms with Gasteiger partial charge in [-0.25, -0.2) is 4.39 Å². The molecule has 0 aromatic heterocycles. The van der Waals surface area contributed by atoms with Crippen molar-refractivity contribution in [2.75, 3.05) is 12.4 Å². The van der Waals surface area contributed by atoms with Crippen molar-refractivity contribution in [1.29, 1.82) is 0 Å². The fourth-order valence-electron chi connectivity index (χ4n) is 2.19. The maximum Gasteiger partial charge on any atom is 0.173 e. The summed E-state index contributed by atoms with van der Waals surface area (Å²) in [7, 11) is 1.90. The third kappa shape index (κ3) is 4.02. The Morgan fingerprint density at radius 3 is 2.38 bits per heavy atom. The van der Waals surface area contributed by atoms with Crippen LogP contribution in [0.2, 0.25) is 0 Å². The van der Waals surface area contributed by atoms with E-state index in [4.69, 9.17) is 12.2 Å². The lowest BCUT2D eigenvalue weighted by molar-refractivity contribution is 0.505. The number of para-hydroxylation sites is 1. The van der Waals surface area contributed by atoms with Crippen LogP contribution in [0, 0.1) is 19.7 Å². The number of benzene rings is 2. The van der Waals surface area contributed by atoms with Gasteiger partial charge in [0, 0.05) is 19.3 Å². The number of halogens is 1. The van der Waals surface area contributed by atoms with Crippen LogP contribution in [0.25, 0.3) is 0 Å². The van der Waals surface area contributed by atoms with Gasteiger partial charge >= 0.3 is 0 Å². The van der Waals surface area contributed by atoms with Crippen LogP contribution < -0.4 is 5.32 Å². The standard InChI is InChI=1S/C17H19FN2S/c1-12-6-4-7-13(2)16(12)19-17(21)20(3)11-14-8-5-9-15(18)10-14/h4-10H,11H2,1-3H3,(H,19,21). The average Bonchev–Trinajstić information content (AvgIpc) is 2.43. The number of anilines is 1. The third-order valence-electron chi connectivity index (χ3n) is 3.37. The lowest BCUT2D eigenvalue weighted by Gasteiger charge is -2.23. The van der Waals surface area contributed by atoms with Gasteiger partial charge in [-0.2, -0.15) is 0 Å². The molecule has 2 nitrogen and oxygen atoms in total. The van der Waals surface area contributed by atoms with E-state index in [-0.39, 0.29) is 5.82 Å². The Kier molecular flexibility index (Phi) is 4.91. The zero-order valence-electron chi connectivity index (χ0n) is 12.5. The molecule has 2 aromatic carbocycles. The van der Waals surface area contributed by atoms with Crippen LogP contribution in [0.3, 0.4) is 0 Å². The smallest absolute Gasteiger partial charge is 0.173 e. The number of rotatable bonds is 3. The van der Waals surface area contributed by atoms with Gasteiger partial charge in [0.1, 0.15) is 5.82 Å². The minimum Gasteiger partial charge on any atom is -0.348 e. The second-order valence-electron chi connectivity index (χ2n) is 5.18. The molecular formula is C17H19FN2S. The van der Waals surface area contributed by atoms with Crippen molar-refractivity contribution < 1.29 is 4.39 Å². The van der Waals surface area contributed by atoms with E-state index in [1.807, 2.05) is 50.1 Å². The molecule has 0 aliphatic heterocycles. The molecular weight excluding hydrogens is 283 g/mol. The number of thiocarbonyl (C=S) groups is 1. The summed E-state index contributed by atoms with van der Waals surface area (Å²) in [5, 5.41) is 3.90. The Hall–Kier alpha value is -1.94. The van der Waals surface area contributed by atoms with Crippen LogP contribution in [-0.4, -0.2) is 17.1 Å². The zero-order chi connectivity index (χ0) is 15.4. The van der Waals surface area contributed by atoms with Gasteiger partial charge in [-0.05, 0) is 54.9 Å². The van der Waals surface area contributed by atoms with Crippen molar-refractivity contribution in [3.63, 3.8) is 0 Å². The Bertz CT molecular complexity index is 635. The third-order valence-corrected chi connectivity index (χ3v) is 3.78. The van der Waals surface area contributed by atoms with Gasteiger partial charge < -0.3 is 10.2 Å². The minimum absolute atomic E-state index is 0.227. The normalized spacial score (nSPS) is 10.3. The molecule has 0 fully saturated rings.